The lowest BCUT2D eigenvalue weighted by Crippen LogP contribution is -2.55. The van der Waals surface area contributed by atoms with Crippen molar-refractivity contribution in [2.45, 2.75) is 70.9 Å². The summed E-state index contributed by atoms with van der Waals surface area (Å²) in [6, 6.07) is 0. The molecule has 1 aliphatic carbocycles. The van der Waals surface area contributed by atoms with Crippen LogP contribution in [0.4, 0.5) is 0 Å². The van der Waals surface area contributed by atoms with Gasteiger partial charge in [-0.1, -0.05) is 27.2 Å². The highest BCUT2D eigenvalue weighted by molar-refractivity contribution is 5.00. The van der Waals surface area contributed by atoms with Gasteiger partial charge in [-0.05, 0) is 43.4 Å². The molecule has 0 radical (unpaired) electrons. The van der Waals surface area contributed by atoms with Crippen molar-refractivity contribution in [2.24, 2.45) is 17.1 Å². The second-order valence-corrected chi connectivity index (χ2v) is 7.64. The van der Waals surface area contributed by atoms with Crippen LogP contribution in [0.15, 0.2) is 0 Å². The van der Waals surface area contributed by atoms with Crippen molar-refractivity contribution < 1.29 is 4.74 Å². The standard InChI is InChI=1S/C17H34N2O/c1-5-16(2,3)14-6-9-17(13-18,10-7-14)19-11-8-15(12-19)20-4/h14-15H,5-13,18H2,1-4H3. The van der Waals surface area contributed by atoms with Gasteiger partial charge in [0.15, 0.2) is 0 Å². The molecule has 0 spiro atoms. The van der Waals surface area contributed by atoms with Crippen LogP contribution in [0, 0.1) is 11.3 Å². The molecule has 1 atom stereocenters. The van der Waals surface area contributed by atoms with Gasteiger partial charge in [0, 0.05) is 32.3 Å². The summed E-state index contributed by atoms with van der Waals surface area (Å²) in [6.07, 6.45) is 8.09. The number of rotatable bonds is 5. The summed E-state index contributed by atoms with van der Waals surface area (Å²) in [6.45, 7) is 10.2. The van der Waals surface area contributed by atoms with Crippen molar-refractivity contribution in [3.8, 4) is 0 Å². The second kappa shape index (κ2) is 6.33. The summed E-state index contributed by atoms with van der Waals surface area (Å²) < 4.78 is 5.53. The smallest absolute Gasteiger partial charge is 0.0710 e. The molecule has 1 saturated carbocycles. The number of hydrogen-bond donors (Lipinski definition) is 1. The number of methoxy groups -OCH3 is 1. The highest BCUT2D eigenvalue weighted by Gasteiger charge is 2.44. The van der Waals surface area contributed by atoms with Crippen molar-refractivity contribution in [3.05, 3.63) is 0 Å². The third kappa shape index (κ3) is 3.05. The van der Waals surface area contributed by atoms with Crippen LogP contribution in [-0.4, -0.2) is 43.3 Å². The van der Waals surface area contributed by atoms with E-state index in [1.807, 2.05) is 7.11 Å². The summed E-state index contributed by atoms with van der Waals surface area (Å²) in [5.41, 5.74) is 6.95. The summed E-state index contributed by atoms with van der Waals surface area (Å²) in [7, 11) is 1.84. The van der Waals surface area contributed by atoms with Crippen molar-refractivity contribution in [1.29, 1.82) is 0 Å². The molecule has 3 nitrogen and oxygen atoms in total. The Balaban J connectivity index is 1.98. The normalized spacial score (nSPS) is 36.5. The minimum atomic E-state index is 0.258. The SMILES string of the molecule is CCC(C)(C)C1CCC(CN)(N2CCC(OC)C2)CC1. The monoisotopic (exact) mass is 282 g/mol. The predicted molar refractivity (Wildman–Crippen MR) is 84.8 cm³/mol. The van der Waals surface area contributed by atoms with E-state index < -0.39 is 0 Å². The highest BCUT2D eigenvalue weighted by Crippen LogP contribution is 2.45. The molecule has 0 aromatic heterocycles. The van der Waals surface area contributed by atoms with Crippen molar-refractivity contribution >= 4 is 0 Å². The fraction of sp³-hybridized carbons (Fsp3) is 1.00. The Hall–Kier alpha value is -0.120. The van der Waals surface area contributed by atoms with Crippen LogP contribution in [0.25, 0.3) is 0 Å². The van der Waals surface area contributed by atoms with Crippen LogP contribution in [0.2, 0.25) is 0 Å². The van der Waals surface area contributed by atoms with E-state index in [9.17, 15) is 0 Å². The van der Waals surface area contributed by atoms with E-state index in [4.69, 9.17) is 10.5 Å². The molecular formula is C17H34N2O. The maximum atomic E-state index is 6.21. The van der Waals surface area contributed by atoms with E-state index in [0.29, 0.717) is 11.5 Å². The van der Waals surface area contributed by atoms with Crippen molar-refractivity contribution in [3.63, 3.8) is 0 Å². The van der Waals surface area contributed by atoms with Crippen LogP contribution < -0.4 is 5.73 Å². The Morgan fingerprint density at radius 2 is 1.90 bits per heavy atom. The largest absolute Gasteiger partial charge is 0.380 e. The molecule has 0 aromatic carbocycles. The number of nitrogens with two attached hydrogens (primary N) is 1. The van der Waals surface area contributed by atoms with E-state index in [0.717, 1.165) is 25.6 Å². The third-order valence-electron chi connectivity index (χ3n) is 6.46. The molecule has 0 amide bonds. The number of likely N-dealkylation sites (tertiary alicyclic amines) is 1. The maximum Gasteiger partial charge on any atom is 0.0710 e. The minimum absolute atomic E-state index is 0.258. The van der Waals surface area contributed by atoms with E-state index in [-0.39, 0.29) is 5.54 Å². The number of hydrogen-bond acceptors (Lipinski definition) is 3. The lowest BCUT2D eigenvalue weighted by molar-refractivity contribution is 0.0183. The maximum absolute atomic E-state index is 6.21. The molecule has 0 aromatic rings. The first-order valence-electron chi connectivity index (χ1n) is 8.45. The zero-order valence-corrected chi connectivity index (χ0v) is 14.0. The van der Waals surface area contributed by atoms with Gasteiger partial charge in [-0.3, -0.25) is 4.90 Å². The van der Waals surface area contributed by atoms with Gasteiger partial charge in [-0.2, -0.15) is 0 Å². The zero-order valence-electron chi connectivity index (χ0n) is 14.0. The Morgan fingerprint density at radius 3 is 2.35 bits per heavy atom. The molecule has 1 saturated heterocycles. The van der Waals surface area contributed by atoms with E-state index in [1.54, 1.807) is 0 Å². The first-order chi connectivity index (χ1) is 9.47. The third-order valence-corrected chi connectivity index (χ3v) is 6.46. The van der Waals surface area contributed by atoms with Gasteiger partial charge in [0.25, 0.3) is 0 Å². The van der Waals surface area contributed by atoms with E-state index in [2.05, 4.69) is 25.7 Å². The summed E-state index contributed by atoms with van der Waals surface area (Å²) in [4.78, 5) is 2.64. The molecular weight excluding hydrogens is 248 g/mol. The van der Waals surface area contributed by atoms with Gasteiger partial charge in [0.1, 0.15) is 0 Å². The molecule has 2 aliphatic rings. The fourth-order valence-corrected chi connectivity index (χ4v) is 4.23. The topological polar surface area (TPSA) is 38.5 Å². The zero-order chi connectivity index (χ0) is 14.8. The molecule has 0 bridgehead atoms. The van der Waals surface area contributed by atoms with Crippen LogP contribution in [0.5, 0.6) is 0 Å². The Bertz CT molecular complexity index is 308. The van der Waals surface area contributed by atoms with Crippen LogP contribution in [-0.2, 0) is 4.74 Å². The highest BCUT2D eigenvalue weighted by atomic mass is 16.5. The van der Waals surface area contributed by atoms with Crippen LogP contribution in [0.3, 0.4) is 0 Å². The Kier molecular flexibility index (Phi) is 5.14. The predicted octanol–water partition coefficient (Wildman–Crippen LogP) is 3.03. The second-order valence-electron chi connectivity index (χ2n) is 7.64. The first kappa shape index (κ1) is 16.3. The summed E-state index contributed by atoms with van der Waals surface area (Å²) >= 11 is 0. The van der Waals surface area contributed by atoms with Crippen molar-refractivity contribution in [1.82, 2.24) is 4.90 Å². The average molecular weight is 282 g/mol. The van der Waals surface area contributed by atoms with E-state index in [1.165, 1.54) is 38.5 Å². The molecule has 3 heteroatoms. The molecule has 118 valence electrons. The Labute approximate surface area is 125 Å². The number of nitrogens with zero attached hydrogens (tertiary/aromatic N) is 1. The lowest BCUT2D eigenvalue weighted by Gasteiger charge is -2.49. The van der Waals surface area contributed by atoms with Gasteiger partial charge in [-0.15, -0.1) is 0 Å². The molecule has 1 heterocycles. The quantitative estimate of drug-likeness (QED) is 0.842. The molecule has 1 aliphatic heterocycles. The van der Waals surface area contributed by atoms with Gasteiger partial charge in [-0.25, -0.2) is 0 Å². The van der Waals surface area contributed by atoms with Gasteiger partial charge in [0.2, 0.25) is 0 Å². The molecule has 2 fully saturated rings. The summed E-state index contributed by atoms with van der Waals surface area (Å²) in [5, 5.41) is 0. The average Bonchev–Trinajstić information content (AvgIpc) is 2.96. The van der Waals surface area contributed by atoms with Gasteiger partial charge in [0.05, 0.1) is 6.10 Å². The van der Waals surface area contributed by atoms with Gasteiger partial charge < -0.3 is 10.5 Å². The van der Waals surface area contributed by atoms with Crippen LogP contribution >= 0.6 is 0 Å². The summed E-state index contributed by atoms with van der Waals surface area (Å²) in [5.74, 6) is 0.869. The van der Waals surface area contributed by atoms with Crippen LogP contribution in [0.1, 0.15) is 59.3 Å². The molecule has 2 rings (SSSR count). The first-order valence-corrected chi connectivity index (χ1v) is 8.45. The minimum Gasteiger partial charge on any atom is -0.380 e. The van der Waals surface area contributed by atoms with E-state index >= 15 is 0 Å². The van der Waals surface area contributed by atoms with Gasteiger partial charge >= 0.3 is 0 Å². The fourth-order valence-electron chi connectivity index (χ4n) is 4.23. The Morgan fingerprint density at radius 1 is 1.25 bits per heavy atom. The number of ether oxygens (including phenoxy) is 1. The molecule has 1 unspecified atom stereocenters. The van der Waals surface area contributed by atoms with Crippen molar-refractivity contribution in [2.75, 3.05) is 26.7 Å². The molecule has 20 heavy (non-hydrogen) atoms. The molecule has 2 N–H and O–H groups in total. The lowest BCUT2D eigenvalue weighted by atomic mass is 9.65.